The molecule has 0 aliphatic rings. The predicted molar refractivity (Wildman–Crippen MR) is 81.6 cm³/mol. The number of hydrogen-bond acceptors (Lipinski definition) is 3. The first-order chi connectivity index (χ1) is 9.97. The summed E-state index contributed by atoms with van der Waals surface area (Å²) >= 11 is 0. The number of nitro groups is 1. The molecule has 0 bridgehead atoms. The molecule has 0 radical (unpaired) electrons. The molecule has 0 fully saturated rings. The summed E-state index contributed by atoms with van der Waals surface area (Å²) in [5.74, 6) is 0.0579. The molecule has 2 rings (SSSR count). The highest BCUT2D eigenvalue weighted by Crippen LogP contribution is 2.18. The second-order valence-corrected chi connectivity index (χ2v) is 5.04. The molecule has 0 aliphatic heterocycles. The predicted octanol–water partition coefficient (Wildman–Crippen LogP) is 3.97. The molecule has 0 aromatic heterocycles. The lowest BCUT2D eigenvalue weighted by Crippen LogP contribution is -2.12. The summed E-state index contributed by atoms with van der Waals surface area (Å²) in [7, 11) is 0. The molecule has 2 aromatic rings. The van der Waals surface area contributed by atoms with E-state index in [9.17, 15) is 14.9 Å². The summed E-state index contributed by atoms with van der Waals surface area (Å²) in [4.78, 5) is 22.3. The van der Waals surface area contributed by atoms with Crippen LogP contribution in [0.25, 0.3) is 0 Å². The second-order valence-electron chi connectivity index (χ2n) is 5.04. The molecule has 0 saturated heterocycles. The zero-order valence-electron chi connectivity index (χ0n) is 11.9. The van der Waals surface area contributed by atoms with Crippen LogP contribution < -0.4 is 5.32 Å². The summed E-state index contributed by atoms with van der Waals surface area (Å²) in [6.45, 7) is 4.19. The van der Waals surface area contributed by atoms with Crippen molar-refractivity contribution in [1.29, 1.82) is 0 Å². The van der Waals surface area contributed by atoms with Gasteiger partial charge in [0.25, 0.3) is 11.6 Å². The lowest BCUT2D eigenvalue weighted by Gasteiger charge is -2.08. The molecule has 0 spiro atoms. The summed E-state index contributed by atoms with van der Waals surface area (Å²) in [6, 6.07) is 13.2. The average Bonchev–Trinajstić information content (AvgIpc) is 2.48. The van der Waals surface area contributed by atoms with E-state index in [0.29, 0.717) is 11.6 Å². The molecule has 5 nitrogen and oxygen atoms in total. The first kappa shape index (κ1) is 14.7. The number of hydrogen-bond donors (Lipinski definition) is 1. The Morgan fingerprint density at radius 1 is 1.14 bits per heavy atom. The molecule has 0 aliphatic carbocycles. The van der Waals surface area contributed by atoms with E-state index in [0.717, 1.165) is 0 Å². The van der Waals surface area contributed by atoms with Crippen molar-refractivity contribution in [3.63, 3.8) is 0 Å². The van der Waals surface area contributed by atoms with Crippen molar-refractivity contribution in [2.45, 2.75) is 19.8 Å². The fourth-order valence-corrected chi connectivity index (χ4v) is 1.92. The maximum absolute atomic E-state index is 12.1. The van der Waals surface area contributed by atoms with Crippen molar-refractivity contribution in [2.24, 2.45) is 0 Å². The average molecular weight is 284 g/mol. The van der Waals surface area contributed by atoms with Gasteiger partial charge in [-0.1, -0.05) is 32.0 Å². The Labute approximate surface area is 122 Å². The molecule has 5 heteroatoms. The molecule has 0 atom stereocenters. The van der Waals surface area contributed by atoms with E-state index in [1.165, 1.54) is 23.8 Å². The van der Waals surface area contributed by atoms with E-state index in [1.54, 1.807) is 6.07 Å². The van der Waals surface area contributed by atoms with Crippen LogP contribution in [-0.2, 0) is 0 Å². The third-order valence-corrected chi connectivity index (χ3v) is 3.15. The number of rotatable bonds is 4. The van der Waals surface area contributed by atoms with Crippen molar-refractivity contribution < 1.29 is 9.72 Å². The van der Waals surface area contributed by atoms with Gasteiger partial charge >= 0.3 is 0 Å². The van der Waals surface area contributed by atoms with Crippen LogP contribution in [-0.4, -0.2) is 10.8 Å². The van der Waals surface area contributed by atoms with E-state index in [1.807, 2.05) is 24.3 Å². The Hall–Kier alpha value is -2.69. The molecular formula is C16H16N2O3. The Bertz CT molecular complexity index is 663. The number of non-ortho nitro benzene ring substituents is 1. The standard InChI is InChI=1S/C16H16N2O3/c1-11(2)12-6-8-14(9-7-12)17-16(19)13-4-3-5-15(10-13)18(20)21/h3-11H,1-2H3,(H,17,19). The number of nitro benzene ring substituents is 1. The zero-order chi connectivity index (χ0) is 15.4. The number of amides is 1. The van der Waals surface area contributed by atoms with Crippen LogP contribution >= 0.6 is 0 Å². The maximum atomic E-state index is 12.1. The summed E-state index contributed by atoms with van der Waals surface area (Å²) in [5.41, 5.74) is 2.01. The third-order valence-electron chi connectivity index (χ3n) is 3.15. The minimum Gasteiger partial charge on any atom is -0.322 e. The Morgan fingerprint density at radius 2 is 1.81 bits per heavy atom. The van der Waals surface area contributed by atoms with Gasteiger partial charge < -0.3 is 5.32 Å². The fraction of sp³-hybridized carbons (Fsp3) is 0.188. The van der Waals surface area contributed by atoms with Crippen LogP contribution in [0.4, 0.5) is 11.4 Å². The molecule has 1 amide bonds. The number of nitrogens with zero attached hydrogens (tertiary/aromatic N) is 1. The quantitative estimate of drug-likeness (QED) is 0.682. The molecule has 0 heterocycles. The molecule has 2 aromatic carbocycles. The van der Waals surface area contributed by atoms with Gasteiger partial charge in [0, 0.05) is 23.4 Å². The maximum Gasteiger partial charge on any atom is 0.270 e. The topological polar surface area (TPSA) is 72.2 Å². The number of benzene rings is 2. The van der Waals surface area contributed by atoms with Gasteiger partial charge in [-0.3, -0.25) is 14.9 Å². The van der Waals surface area contributed by atoms with Gasteiger partial charge in [-0.05, 0) is 29.7 Å². The van der Waals surface area contributed by atoms with Crippen molar-refractivity contribution in [2.75, 3.05) is 5.32 Å². The van der Waals surface area contributed by atoms with E-state index < -0.39 is 4.92 Å². The molecule has 21 heavy (non-hydrogen) atoms. The first-order valence-electron chi connectivity index (χ1n) is 6.63. The van der Waals surface area contributed by atoms with Gasteiger partial charge in [-0.15, -0.1) is 0 Å². The fourth-order valence-electron chi connectivity index (χ4n) is 1.92. The van der Waals surface area contributed by atoms with Crippen molar-refractivity contribution in [3.8, 4) is 0 Å². The van der Waals surface area contributed by atoms with Crippen molar-refractivity contribution in [1.82, 2.24) is 0 Å². The molecule has 0 saturated carbocycles. The van der Waals surface area contributed by atoms with Gasteiger partial charge in [-0.2, -0.15) is 0 Å². The number of carbonyl (C=O) groups excluding carboxylic acids is 1. The SMILES string of the molecule is CC(C)c1ccc(NC(=O)c2cccc([N+](=O)[O-])c2)cc1. The lowest BCUT2D eigenvalue weighted by molar-refractivity contribution is -0.384. The summed E-state index contributed by atoms with van der Waals surface area (Å²) < 4.78 is 0. The highest BCUT2D eigenvalue weighted by atomic mass is 16.6. The van der Waals surface area contributed by atoms with Crippen molar-refractivity contribution >= 4 is 17.3 Å². The van der Waals surface area contributed by atoms with E-state index in [-0.39, 0.29) is 17.2 Å². The Balaban J connectivity index is 2.14. The highest BCUT2D eigenvalue weighted by molar-refractivity contribution is 6.04. The summed E-state index contributed by atoms with van der Waals surface area (Å²) in [5, 5.41) is 13.4. The zero-order valence-corrected chi connectivity index (χ0v) is 11.9. The third kappa shape index (κ3) is 3.66. The van der Waals surface area contributed by atoms with Gasteiger partial charge in [0.15, 0.2) is 0 Å². The van der Waals surface area contributed by atoms with E-state index >= 15 is 0 Å². The monoisotopic (exact) mass is 284 g/mol. The smallest absolute Gasteiger partial charge is 0.270 e. The van der Waals surface area contributed by atoms with Crippen LogP contribution in [0.2, 0.25) is 0 Å². The van der Waals surface area contributed by atoms with Crippen LogP contribution in [0.15, 0.2) is 48.5 Å². The van der Waals surface area contributed by atoms with Crippen LogP contribution in [0.1, 0.15) is 35.7 Å². The Morgan fingerprint density at radius 3 is 2.38 bits per heavy atom. The Kier molecular flexibility index (Phi) is 4.33. The minimum absolute atomic E-state index is 0.0993. The van der Waals surface area contributed by atoms with E-state index in [4.69, 9.17) is 0 Å². The first-order valence-corrected chi connectivity index (χ1v) is 6.63. The highest BCUT2D eigenvalue weighted by Gasteiger charge is 2.11. The molecular weight excluding hydrogens is 268 g/mol. The van der Waals surface area contributed by atoms with Gasteiger partial charge in [0.1, 0.15) is 0 Å². The molecule has 108 valence electrons. The van der Waals surface area contributed by atoms with Crippen LogP contribution in [0.5, 0.6) is 0 Å². The normalized spacial score (nSPS) is 10.4. The van der Waals surface area contributed by atoms with Gasteiger partial charge in [0.05, 0.1) is 4.92 Å². The lowest BCUT2D eigenvalue weighted by atomic mass is 10.0. The largest absolute Gasteiger partial charge is 0.322 e. The van der Waals surface area contributed by atoms with Crippen LogP contribution in [0, 0.1) is 10.1 Å². The van der Waals surface area contributed by atoms with Gasteiger partial charge in [-0.25, -0.2) is 0 Å². The van der Waals surface area contributed by atoms with Crippen molar-refractivity contribution in [3.05, 3.63) is 69.8 Å². The molecule has 1 N–H and O–H groups in total. The van der Waals surface area contributed by atoms with Gasteiger partial charge in [0.2, 0.25) is 0 Å². The number of anilines is 1. The molecule has 0 unspecified atom stereocenters. The van der Waals surface area contributed by atoms with Crippen LogP contribution in [0.3, 0.4) is 0 Å². The minimum atomic E-state index is -0.520. The number of carbonyl (C=O) groups is 1. The summed E-state index contributed by atoms with van der Waals surface area (Å²) in [6.07, 6.45) is 0. The second kappa shape index (κ2) is 6.17. The number of nitrogens with one attached hydrogen (secondary N) is 1. The van der Waals surface area contributed by atoms with E-state index in [2.05, 4.69) is 19.2 Å².